The molecular weight excluding hydrogens is 364 g/mol. The van der Waals surface area contributed by atoms with Crippen LogP contribution >= 0.6 is 0 Å². The number of rotatable bonds is 5. The molecule has 0 atom stereocenters. The summed E-state index contributed by atoms with van der Waals surface area (Å²) in [4.78, 5) is 25.2. The molecule has 0 spiro atoms. The fourth-order valence-corrected chi connectivity index (χ4v) is 2.56. The summed E-state index contributed by atoms with van der Waals surface area (Å²) in [6.45, 7) is 0. The smallest absolute Gasteiger partial charge is 0.145 e. The fourth-order valence-electron chi connectivity index (χ4n) is 2.56. The van der Waals surface area contributed by atoms with Crippen molar-refractivity contribution in [3.8, 4) is 22.8 Å². The Bertz CT molecular complexity index is 1070. The zero-order chi connectivity index (χ0) is 19.7. The SMILES string of the molecule is O=C([O-])c1nn(-c2ccccc2)nc1-c1nn(-c2ccccc2)nc1C(=O)[O-]. The summed E-state index contributed by atoms with van der Waals surface area (Å²) >= 11 is 0. The standard InChI is InChI=1S/C18H12N6O4/c25-17(26)15-13(19-23(21-15)11-7-3-1-4-8-11)14-16(18(27)28)22-24(20-14)12-9-5-2-6-10-12/h1-10H,(H,25,26)(H,27,28)/p-2. The molecule has 0 amide bonds. The number of aromatic carboxylic acids is 2. The lowest BCUT2D eigenvalue weighted by atomic mass is 10.2. The van der Waals surface area contributed by atoms with Crippen LogP contribution in [0, 0.1) is 0 Å². The van der Waals surface area contributed by atoms with E-state index in [1.807, 2.05) is 0 Å². The summed E-state index contributed by atoms with van der Waals surface area (Å²) < 4.78 is 0. The molecule has 2 aromatic carbocycles. The molecule has 0 saturated heterocycles. The van der Waals surface area contributed by atoms with Gasteiger partial charge in [-0.2, -0.15) is 9.59 Å². The van der Waals surface area contributed by atoms with E-state index in [1.54, 1.807) is 60.7 Å². The van der Waals surface area contributed by atoms with Crippen molar-refractivity contribution < 1.29 is 19.8 Å². The Morgan fingerprint density at radius 1 is 0.607 bits per heavy atom. The van der Waals surface area contributed by atoms with Crippen molar-refractivity contribution in [3.05, 3.63) is 72.1 Å². The second-order valence-corrected chi connectivity index (χ2v) is 5.62. The molecule has 0 radical (unpaired) electrons. The first kappa shape index (κ1) is 17.1. The van der Waals surface area contributed by atoms with Crippen LogP contribution < -0.4 is 10.2 Å². The van der Waals surface area contributed by atoms with Gasteiger partial charge in [0.05, 0.1) is 23.3 Å². The van der Waals surface area contributed by atoms with Crippen LogP contribution in [0.5, 0.6) is 0 Å². The normalized spacial score (nSPS) is 10.7. The molecule has 138 valence electrons. The third-order valence-electron chi connectivity index (χ3n) is 3.81. The molecule has 28 heavy (non-hydrogen) atoms. The van der Waals surface area contributed by atoms with Crippen molar-refractivity contribution >= 4 is 11.9 Å². The minimum Gasteiger partial charge on any atom is -0.543 e. The lowest BCUT2D eigenvalue weighted by molar-refractivity contribution is -0.256. The number of hydrogen-bond acceptors (Lipinski definition) is 8. The minimum absolute atomic E-state index is 0.287. The number of para-hydroxylation sites is 2. The lowest BCUT2D eigenvalue weighted by Crippen LogP contribution is -2.25. The van der Waals surface area contributed by atoms with E-state index >= 15 is 0 Å². The highest BCUT2D eigenvalue weighted by Crippen LogP contribution is 2.23. The van der Waals surface area contributed by atoms with Crippen molar-refractivity contribution in [2.24, 2.45) is 0 Å². The second kappa shape index (κ2) is 6.76. The molecule has 0 fully saturated rings. The minimum atomic E-state index is -1.63. The van der Waals surface area contributed by atoms with E-state index in [0.29, 0.717) is 11.4 Å². The zero-order valence-electron chi connectivity index (χ0n) is 14.1. The van der Waals surface area contributed by atoms with Crippen LogP contribution in [0.4, 0.5) is 0 Å². The number of aromatic nitrogens is 6. The van der Waals surface area contributed by atoms with Gasteiger partial charge in [-0.05, 0) is 24.3 Å². The maximum atomic E-state index is 11.6. The Morgan fingerprint density at radius 2 is 0.964 bits per heavy atom. The summed E-state index contributed by atoms with van der Waals surface area (Å²) in [6, 6.07) is 17.0. The molecule has 10 nitrogen and oxygen atoms in total. The molecule has 0 N–H and O–H groups in total. The van der Waals surface area contributed by atoms with Crippen LogP contribution in [0.2, 0.25) is 0 Å². The average molecular weight is 374 g/mol. The van der Waals surface area contributed by atoms with Gasteiger partial charge in [-0.25, -0.2) is 0 Å². The third kappa shape index (κ3) is 2.98. The van der Waals surface area contributed by atoms with Gasteiger partial charge in [0, 0.05) is 0 Å². The van der Waals surface area contributed by atoms with Crippen molar-refractivity contribution in [2.75, 3.05) is 0 Å². The predicted octanol–water partition coefficient (Wildman–Crippen LogP) is -0.758. The first-order chi connectivity index (χ1) is 13.5. The number of hydrogen-bond donors (Lipinski definition) is 0. The fraction of sp³-hybridized carbons (Fsp3) is 0. The Labute approximate surface area is 157 Å². The third-order valence-corrected chi connectivity index (χ3v) is 3.81. The Balaban J connectivity index is 1.91. The number of carboxylic acid groups (broad SMARTS) is 2. The molecule has 0 aliphatic rings. The first-order valence-electron chi connectivity index (χ1n) is 8.03. The topological polar surface area (TPSA) is 142 Å². The molecule has 2 heterocycles. The van der Waals surface area contributed by atoms with Crippen LogP contribution in [-0.4, -0.2) is 41.9 Å². The van der Waals surface area contributed by atoms with Gasteiger partial charge in [0.15, 0.2) is 0 Å². The van der Waals surface area contributed by atoms with E-state index in [-0.39, 0.29) is 11.4 Å². The molecule has 2 aromatic heterocycles. The van der Waals surface area contributed by atoms with E-state index in [9.17, 15) is 19.8 Å². The molecular formula is C18H10N6O4-2. The highest BCUT2D eigenvalue weighted by atomic mass is 16.4. The van der Waals surface area contributed by atoms with Crippen LogP contribution in [0.1, 0.15) is 21.0 Å². The van der Waals surface area contributed by atoms with Gasteiger partial charge in [-0.3, -0.25) is 0 Å². The van der Waals surface area contributed by atoms with Gasteiger partial charge < -0.3 is 19.8 Å². The molecule has 0 unspecified atom stereocenters. The molecule has 10 heteroatoms. The van der Waals surface area contributed by atoms with Gasteiger partial charge in [0.1, 0.15) is 22.8 Å². The summed E-state index contributed by atoms with van der Waals surface area (Å²) in [5, 5.41) is 39.1. The Morgan fingerprint density at radius 3 is 1.29 bits per heavy atom. The van der Waals surface area contributed by atoms with Crippen molar-refractivity contribution in [2.45, 2.75) is 0 Å². The van der Waals surface area contributed by atoms with Gasteiger partial charge in [0.25, 0.3) is 0 Å². The van der Waals surface area contributed by atoms with Crippen LogP contribution in [0.25, 0.3) is 22.8 Å². The van der Waals surface area contributed by atoms with Crippen molar-refractivity contribution in [1.29, 1.82) is 0 Å². The number of carbonyl (C=O) groups excluding carboxylic acids is 2. The average Bonchev–Trinajstić information content (AvgIpc) is 3.34. The molecule has 4 aromatic rings. The summed E-state index contributed by atoms with van der Waals surface area (Å²) in [5.41, 5.74) is -0.753. The maximum Gasteiger partial charge on any atom is 0.145 e. The van der Waals surface area contributed by atoms with E-state index in [4.69, 9.17) is 0 Å². The molecule has 4 rings (SSSR count). The number of carbonyl (C=O) groups is 2. The van der Waals surface area contributed by atoms with Crippen LogP contribution in [0.3, 0.4) is 0 Å². The summed E-state index contributed by atoms with van der Waals surface area (Å²) in [7, 11) is 0. The Hall–Kier alpha value is -4.34. The van der Waals surface area contributed by atoms with E-state index in [1.165, 1.54) is 0 Å². The van der Waals surface area contributed by atoms with Crippen LogP contribution in [-0.2, 0) is 0 Å². The lowest BCUT2D eigenvalue weighted by Gasteiger charge is -2.00. The quantitative estimate of drug-likeness (QED) is 0.444. The molecule has 0 saturated carbocycles. The molecule has 0 aliphatic heterocycles. The summed E-state index contributed by atoms with van der Waals surface area (Å²) in [5.74, 6) is -3.26. The summed E-state index contributed by atoms with van der Waals surface area (Å²) in [6.07, 6.45) is 0. The number of benzene rings is 2. The highest BCUT2D eigenvalue weighted by molar-refractivity contribution is 5.96. The first-order valence-corrected chi connectivity index (χ1v) is 8.03. The van der Waals surface area contributed by atoms with Crippen LogP contribution in [0.15, 0.2) is 60.7 Å². The van der Waals surface area contributed by atoms with E-state index in [2.05, 4.69) is 20.4 Å². The Kier molecular flexibility index (Phi) is 4.13. The van der Waals surface area contributed by atoms with Gasteiger partial charge in [-0.1, -0.05) is 36.4 Å². The monoisotopic (exact) mass is 374 g/mol. The highest BCUT2D eigenvalue weighted by Gasteiger charge is 2.23. The van der Waals surface area contributed by atoms with Gasteiger partial charge in [-0.15, -0.1) is 20.4 Å². The van der Waals surface area contributed by atoms with Crippen molar-refractivity contribution in [3.63, 3.8) is 0 Å². The van der Waals surface area contributed by atoms with Crippen molar-refractivity contribution in [1.82, 2.24) is 30.0 Å². The maximum absolute atomic E-state index is 11.6. The largest absolute Gasteiger partial charge is 0.543 e. The predicted molar refractivity (Wildman–Crippen MR) is 90.4 cm³/mol. The number of carboxylic acids is 2. The molecule has 0 bridgehead atoms. The van der Waals surface area contributed by atoms with E-state index in [0.717, 1.165) is 9.59 Å². The van der Waals surface area contributed by atoms with Gasteiger partial charge in [0.2, 0.25) is 0 Å². The zero-order valence-corrected chi connectivity index (χ0v) is 14.1. The van der Waals surface area contributed by atoms with Gasteiger partial charge >= 0.3 is 0 Å². The number of nitrogens with zero attached hydrogens (tertiary/aromatic N) is 6. The molecule has 0 aliphatic carbocycles. The second-order valence-electron chi connectivity index (χ2n) is 5.62. The van der Waals surface area contributed by atoms with E-state index < -0.39 is 23.3 Å².